The van der Waals surface area contributed by atoms with E-state index < -0.39 is 0 Å². The maximum atomic E-state index is 14.1. The molecule has 0 aliphatic rings. The van der Waals surface area contributed by atoms with Gasteiger partial charge in [0, 0.05) is 15.2 Å². The normalized spacial score (nSPS) is 12.8. The van der Waals surface area contributed by atoms with E-state index in [9.17, 15) is 4.39 Å². The lowest BCUT2D eigenvalue weighted by molar-refractivity contribution is 0.590. The van der Waals surface area contributed by atoms with Crippen molar-refractivity contribution in [1.82, 2.24) is 4.57 Å². The lowest BCUT2D eigenvalue weighted by Gasteiger charge is -2.19. The van der Waals surface area contributed by atoms with Crippen LogP contribution in [0.3, 0.4) is 0 Å². The van der Waals surface area contributed by atoms with Crippen molar-refractivity contribution in [3.05, 3.63) is 76.0 Å². The number of halogens is 2. The zero-order valence-corrected chi connectivity index (χ0v) is 19.5. The van der Waals surface area contributed by atoms with Gasteiger partial charge in [-0.3, -0.25) is 0 Å². The van der Waals surface area contributed by atoms with Crippen molar-refractivity contribution < 1.29 is 4.39 Å². The minimum absolute atomic E-state index is 0.0592. The lowest BCUT2D eigenvalue weighted by atomic mass is 9.85. The molecular weight excluding hydrogens is 425 g/mol. The van der Waals surface area contributed by atoms with Crippen LogP contribution in [-0.4, -0.2) is 4.57 Å². The van der Waals surface area contributed by atoms with Gasteiger partial charge in [0.25, 0.3) is 0 Å². The molecule has 0 amide bonds. The summed E-state index contributed by atoms with van der Waals surface area (Å²) in [6.45, 7) is 13.4. The fourth-order valence-corrected chi connectivity index (χ4v) is 4.30. The minimum atomic E-state index is -0.240. The third kappa shape index (κ3) is 3.50. The van der Waals surface area contributed by atoms with Crippen LogP contribution in [0.4, 0.5) is 4.39 Å². The molecule has 0 saturated heterocycles. The highest BCUT2D eigenvalue weighted by Crippen LogP contribution is 2.38. The molecule has 3 aromatic carbocycles. The molecule has 0 unspecified atom stereocenters. The first-order chi connectivity index (χ1) is 13.5. The van der Waals surface area contributed by atoms with Crippen molar-refractivity contribution in [3.8, 4) is 5.69 Å². The van der Waals surface area contributed by atoms with Crippen LogP contribution in [0.2, 0.25) is 0 Å². The summed E-state index contributed by atoms with van der Waals surface area (Å²) in [6, 6.07) is 18.2. The molecule has 0 N–H and O–H groups in total. The molecular formula is C26H27BrFN. The topological polar surface area (TPSA) is 4.93 Å². The standard InChI is InChI=1S/C26H27BrFN/c1-25(2,3)16-7-11-22-19(13-16)20-14-17(26(4,5)6)8-12-23(20)29(22)24-15-18(28)9-10-21(24)27/h7-15H,1-6H3. The van der Waals surface area contributed by atoms with E-state index in [0.717, 1.165) is 21.2 Å². The average Bonchev–Trinajstić information content (AvgIpc) is 2.95. The highest BCUT2D eigenvalue weighted by Gasteiger charge is 2.21. The Labute approximate surface area is 180 Å². The molecule has 3 heteroatoms. The van der Waals surface area contributed by atoms with Gasteiger partial charge in [0.2, 0.25) is 0 Å². The summed E-state index contributed by atoms with van der Waals surface area (Å²) < 4.78 is 17.2. The molecule has 0 saturated carbocycles. The Morgan fingerprint density at radius 1 is 0.690 bits per heavy atom. The maximum absolute atomic E-state index is 14.1. The molecule has 0 fully saturated rings. The van der Waals surface area contributed by atoms with E-state index in [2.05, 4.69) is 98.4 Å². The zero-order chi connectivity index (χ0) is 21.1. The van der Waals surface area contributed by atoms with Gasteiger partial charge < -0.3 is 4.57 Å². The van der Waals surface area contributed by atoms with E-state index in [1.165, 1.54) is 28.0 Å². The molecule has 4 rings (SSSR count). The summed E-state index contributed by atoms with van der Waals surface area (Å²) in [6.07, 6.45) is 0. The molecule has 4 aromatic rings. The smallest absolute Gasteiger partial charge is 0.125 e. The highest BCUT2D eigenvalue weighted by molar-refractivity contribution is 9.10. The number of benzene rings is 3. The summed E-state index contributed by atoms with van der Waals surface area (Å²) >= 11 is 3.63. The number of hydrogen-bond acceptors (Lipinski definition) is 0. The molecule has 0 aliphatic carbocycles. The van der Waals surface area contributed by atoms with Gasteiger partial charge in [-0.05, 0) is 80.4 Å². The predicted molar refractivity (Wildman–Crippen MR) is 126 cm³/mol. The minimum Gasteiger partial charge on any atom is -0.308 e. The number of rotatable bonds is 1. The van der Waals surface area contributed by atoms with Crippen molar-refractivity contribution in [2.75, 3.05) is 0 Å². The molecule has 0 spiro atoms. The molecule has 0 bridgehead atoms. The maximum Gasteiger partial charge on any atom is 0.125 e. The molecule has 0 aliphatic heterocycles. The van der Waals surface area contributed by atoms with Crippen LogP contribution in [-0.2, 0) is 10.8 Å². The van der Waals surface area contributed by atoms with Crippen molar-refractivity contribution in [1.29, 1.82) is 0 Å². The summed E-state index contributed by atoms with van der Waals surface area (Å²) in [5, 5.41) is 2.41. The van der Waals surface area contributed by atoms with Crippen LogP contribution in [0, 0.1) is 5.82 Å². The Balaban J connectivity index is 2.16. The number of nitrogens with zero attached hydrogens (tertiary/aromatic N) is 1. The van der Waals surface area contributed by atoms with Gasteiger partial charge >= 0.3 is 0 Å². The van der Waals surface area contributed by atoms with Gasteiger partial charge in [-0.1, -0.05) is 53.7 Å². The number of hydrogen-bond donors (Lipinski definition) is 0. The number of aromatic nitrogens is 1. The highest BCUT2D eigenvalue weighted by atomic mass is 79.9. The third-order valence-corrected chi connectivity index (χ3v) is 6.32. The Hall–Kier alpha value is -2.13. The monoisotopic (exact) mass is 451 g/mol. The molecule has 1 heterocycles. The lowest BCUT2D eigenvalue weighted by Crippen LogP contribution is -2.10. The van der Waals surface area contributed by atoms with E-state index in [-0.39, 0.29) is 16.6 Å². The second-order valence-corrected chi connectivity index (χ2v) is 10.7. The second kappa shape index (κ2) is 6.70. The molecule has 0 radical (unpaired) electrons. The van der Waals surface area contributed by atoms with Gasteiger partial charge in [-0.25, -0.2) is 4.39 Å². The summed E-state index contributed by atoms with van der Waals surface area (Å²) in [7, 11) is 0. The van der Waals surface area contributed by atoms with Gasteiger partial charge in [-0.2, -0.15) is 0 Å². The zero-order valence-electron chi connectivity index (χ0n) is 17.9. The number of fused-ring (bicyclic) bond motifs is 3. The van der Waals surface area contributed by atoms with Crippen LogP contribution < -0.4 is 0 Å². The largest absolute Gasteiger partial charge is 0.308 e. The second-order valence-electron chi connectivity index (χ2n) is 9.90. The fraction of sp³-hybridized carbons (Fsp3) is 0.308. The summed E-state index contributed by atoms with van der Waals surface area (Å²) in [5.74, 6) is -0.240. The van der Waals surface area contributed by atoms with E-state index in [1.54, 1.807) is 12.1 Å². The van der Waals surface area contributed by atoms with Crippen LogP contribution in [0.15, 0.2) is 59.1 Å². The first kappa shape index (κ1) is 20.2. The van der Waals surface area contributed by atoms with Gasteiger partial charge in [-0.15, -0.1) is 0 Å². The van der Waals surface area contributed by atoms with Crippen LogP contribution in [0.5, 0.6) is 0 Å². The van der Waals surface area contributed by atoms with Crippen molar-refractivity contribution >= 4 is 37.7 Å². The molecule has 1 aromatic heterocycles. The van der Waals surface area contributed by atoms with E-state index in [4.69, 9.17) is 0 Å². The van der Waals surface area contributed by atoms with Crippen molar-refractivity contribution in [2.45, 2.75) is 52.4 Å². The fourth-order valence-electron chi connectivity index (χ4n) is 3.87. The molecule has 0 atom stereocenters. The first-order valence-electron chi connectivity index (χ1n) is 10.0. The van der Waals surface area contributed by atoms with Gasteiger partial charge in [0.15, 0.2) is 0 Å². The average molecular weight is 452 g/mol. The quantitative estimate of drug-likeness (QED) is 0.274. The SMILES string of the molecule is CC(C)(C)c1ccc2c(c1)c1cc(C(C)(C)C)ccc1n2-c1cc(F)ccc1Br. The molecule has 150 valence electrons. The Morgan fingerprint density at radius 3 is 1.62 bits per heavy atom. The van der Waals surface area contributed by atoms with Crippen molar-refractivity contribution in [3.63, 3.8) is 0 Å². The molecule has 1 nitrogen and oxygen atoms in total. The summed E-state index contributed by atoms with van der Waals surface area (Å²) in [4.78, 5) is 0. The Bertz CT molecular complexity index is 1160. The van der Waals surface area contributed by atoms with Gasteiger partial charge in [0.1, 0.15) is 5.82 Å². The van der Waals surface area contributed by atoms with Crippen LogP contribution in [0.25, 0.3) is 27.5 Å². The predicted octanol–water partition coefficient (Wildman–Crippen LogP) is 8.28. The first-order valence-corrected chi connectivity index (χ1v) is 10.8. The van der Waals surface area contributed by atoms with E-state index >= 15 is 0 Å². The van der Waals surface area contributed by atoms with E-state index in [0.29, 0.717) is 0 Å². The van der Waals surface area contributed by atoms with E-state index in [1.807, 2.05) is 0 Å². The van der Waals surface area contributed by atoms with Crippen LogP contribution >= 0.6 is 15.9 Å². The third-order valence-electron chi connectivity index (χ3n) is 5.65. The Morgan fingerprint density at radius 2 is 1.17 bits per heavy atom. The molecule has 29 heavy (non-hydrogen) atoms. The summed E-state index contributed by atoms with van der Waals surface area (Å²) in [5.41, 5.74) is 5.70. The van der Waals surface area contributed by atoms with Crippen molar-refractivity contribution in [2.24, 2.45) is 0 Å². The Kier molecular flexibility index (Phi) is 4.66. The van der Waals surface area contributed by atoms with Gasteiger partial charge in [0.05, 0.1) is 16.7 Å². The van der Waals surface area contributed by atoms with Crippen LogP contribution in [0.1, 0.15) is 52.7 Å².